The molecule has 1 aromatic heterocycles. The number of hydrogen-bond acceptors (Lipinski definition) is 4. The number of aryl methyl sites for hydroxylation is 1. The first-order chi connectivity index (χ1) is 13.1. The molecule has 0 fully saturated rings. The van der Waals surface area contributed by atoms with E-state index in [1.165, 1.54) is 22.9 Å². The molecule has 3 aromatic rings. The van der Waals surface area contributed by atoms with Gasteiger partial charge in [0.15, 0.2) is 0 Å². The summed E-state index contributed by atoms with van der Waals surface area (Å²) in [6.45, 7) is 3.57. The van der Waals surface area contributed by atoms with Crippen molar-refractivity contribution in [3.63, 3.8) is 0 Å². The van der Waals surface area contributed by atoms with E-state index < -0.39 is 0 Å². The van der Waals surface area contributed by atoms with Crippen LogP contribution >= 0.6 is 11.8 Å². The van der Waals surface area contributed by atoms with Gasteiger partial charge in [-0.25, -0.2) is 4.98 Å². The standard InChI is InChI=1S/C22H22N2O2S/c1-15-11-21(23-20-12-18(26-2)7-8-19(15)20)27-14-22(25)24-10-9-16-5-3-4-6-17(16)13-24/h3-8,11-12H,9-10,13-14H2,1-2H3. The minimum Gasteiger partial charge on any atom is -0.497 e. The average molecular weight is 378 g/mol. The molecule has 0 N–H and O–H groups in total. The number of carbonyl (C=O) groups is 1. The Morgan fingerprint density at radius 2 is 2.00 bits per heavy atom. The van der Waals surface area contributed by atoms with Gasteiger partial charge < -0.3 is 9.64 Å². The maximum absolute atomic E-state index is 12.7. The third kappa shape index (κ3) is 3.78. The van der Waals surface area contributed by atoms with E-state index in [1.807, 2.05) is 29.2 Å². The number of ether oxygens (including phenoxy) is 1. The Hall–Kier alpha value is -2.53. The zero-order chi connectivity index (χ0) is 18.8. The lowest BCUT2D eigenvalue weighted by molar-refractivity contribution is -0.129. The quantitative estimate of drug-likeness (QED) is 0.637. The SMILES string of the molecule is COc1ccc2c(C)cc(SCC(=O)N3CCc4ccccc4C3)nc2c1. The highest BCUT2D eigenvalue weighted by Gasteiger charge is 2.20. The first-order valence-corrected chi connectivity index (χ1v) is 10.1. The molecule has 4 nitrogen and oxygen atoms in total. The molecule has 0 bridgehead atoms. The number of rotatable bonds is 4. The molecular weight excluding hydrogens is 356 g/mol. The van der Waals surface area contributed by atoms with Crippen LogP contribution in [-0.2, 0) is 17.8 Å². The van der Waals surface area contributed by atoms with Crippen LogP contribution in [0.25, 0.3) is 10.9 Å². The molecule has 5 heteroatoms. The van der Waals surface area contributed by atoms with Gasteiger partial charge in [0, 0.05) is 24.5 Å². The van der Waals surface area contributed by atoms with E-state index in [4.69, 9.17) is 9.72 Å². The lowest BCUT2D eigenvalue weighted by atomic mass is 10.00. The number of carbonyl (C=O) groups excluding carboxylic acids is 1. The molecule has 0 saturated heterocycles. The van der Waals surface area contributed by atoms with E-state index >= 15 is 0 Å². The van der Waals surface area contributed by atoms with Crippen LogP contribution in [0.15, 0.2) is 53.6 Å². The van der Waals surface area contributed by atoms with Crippen LogP contribution in [-0.4, -0.2) is 35.2 Å². The number of benzene rings is 2. The summed E-state index contributed by atoms with van der Waals surface area (Å²) in [5.74, 6) is 1.36. The first-order valence-electron chi connectivity index (χ1n) is 9.07. The fourth-order valence-corrected chi connectivity index (χ4v) is 4.36. The summed E-state index contributed by atoms with van der Waals surface area (Å²) >= 11 is 1.50. The first kappa shape index (κ1) is 17.9. The second-order valence-corrected chi connectivity index (χ2v) is 7.78. The van der Waals surface area contributed by atoms with Crippen molar-refractivity contribution in [3.8, 4) is 5.75 Å². The summed E-state index contributed by atoms with van der Waals surface area (Å²) in [5.41, 5.74) is 4.67. The Balaban J connectivity index is 1.46. The number of fused-ring (bicyclic) bond motifs is 2. The molecule has 0 spiro atoms. The number of thioether (sulfide) groups is 1. The molecule has 1 aliphatic rings. The molecular formula is C22H22N2O2S. The van der Waals surface area contributed by atoms with E-state index in [-0.39, 0.29) is 5.91 Å². The topological polar surface area (TPSA) is 42.4 Å². The number of methoxy groups -OCH3 is 1. The molecule has 138 valence electrons. The normalized spacial score (nSPS) is 13.5. The minimum atomic E-state index is 0.166. The highest BCUT2D eigenvalue weighted by molar-refractivity contribution is 7.99. The Labute approximate surface area is 163 Å². The van der Waals surface area contributed by atoms with Gasteiger partial charge in [0.1, 0.15) is 5.75 Å². The monoisotopic (exact) mass is 378 g/mol. The lowest BCUT2D eigenvalue weighted by Gasteiger charge is -2.28. The van der Waals surface area contributed by atoms with Crippen LogP contribution < -0.4 is 4.74 Å². The summed E-state index contributed by atoms with van der Waals surface area (Å²) in [6, 6.07) is 16.3. The van der Waals surface area contributed by atoms with Gasteiger partial charge in [0.2, 0.25) is 5.91 Å². The predicted octanol–water partition coefficient (Wildman–Crippen LogP) is 4.23. The van der Waals surface area contributed by atoms with Crippen molar-refractivity contribution >= 4 is 28.6 Å². The van der Waals surface area contributed by atoms with Gasteiger partial charge in [-0.1, -0.05) is 36.0 Å². The molecule has 0 saturated carbocycles. The summed E-state index contributed by atoms with van der Waals surface area (Å²) < 4.78 is 5.30. The van der Waals surface area contributed by atoms with Gasteiger partial charge in [-0.05, 0) is 48.2 Å². The maximum Gasteiger partial charge on any atom is 0.233 e. The van der Waals surface area contributed by atoms with Crippen LogP contribution in [0, 0.1) is 6.92 Å². The molecule has 27 heavy (non-hydrogen) atoms. The number of amides is 1. The van der Waals surface area contributed by atoms with Gasteiger partial charge in [-0.2, -0.15) is 0 Å². The summed E-state index contributed by atoms with van der Waals surface area (Å²) in [6.07, 6.45) is 0.930. The fraction of sp³-hybridized carbons (Fsp3) is 0.273. The van der Waals surface area contributed by atoms with Crippen molar-refractivity contribution in [1.29, 1.82) is 0 Å². The number of hydrogen-bond donors (Lipinski definition) is 0. The van der Waals surface area contributed by atoms with Gasteiger partial charge in [-0.15, -0.1) is 0 Å². The third-order valence-electron chi connectivity index (χ3n) is 5.03. The van der Waals surface area contributed by atoms with E-state index in [1.54, 1.807) is 7.11 Å². The molecule has 0 unspecified atom stereocenters. The molecule has 0 radical (unpaired) electrons. The van der Waals surface area contributed by atoms with E-state index in [2.05, 4.69) is 31.2 Å². The van der Waals surface area contributed by atoms with Crippen LogP contribution in [0.1, 0.15) is 16.7 Å². The van der Waals surface area contributed by atoms with Gasteiger partial charge >= 0.3 is 0 Å². The van der Waals surface area contributed by atoms with Gasteiger partial charge in [0.05, 0.1) is 23.4 Å². The molecule has 2 heterocycles. The van der Waals surface area contributed by atoms with Crippen LogP contribution in [0.3, 0.4) is 0 Å². The van der Waals surface area contributed by atoms with Crippen molar-refractivity contribution in [2.24, 2.45) is 0 Å². The Kier molecular flexibility index (Phi) is 5.03. The zero-order valence-corrected chi connectivity index (χ0v) is 16.4. The van der Waals surface area contributed by atoms with Crippen LogP contribution in [0.4, 0.5) is 0 Å². The van der Waals surface area contributed by atoms with Crippen LogP contribution in [0.2, 0.25) is 0 Å². The van der Waals surface area contributed by atoms with Crippen molar-refractivity contribution in [2.75, 3.05) is 19.4 Å². The summed E-state index contributed by atoms with van der Waals surface area (Å²) in [7, 11) is 1.65. The largest absolute Gasteiger partial charge is 0.497 e. The third-order valence-corrected chi connectivity index (χ3v) is 5.92. The van der Waals surface area contributed by atoms with Gasteiger partial charge in [0.25, 0.3) is 0 Å². The smallest absolute Gasteiger partial charge is 0.233 e. The molecule has 0 atom stereocenters. The highest BCUT2D eigenvalue weighted by atomic mass is 32.2. The molecule has 2 aromatic carbocycles. The Bertz CT molecular complexity index is 1000. The lowest BCUT2D eigenvalue weighted by Crippen LogP contribution is -2.37. The van der Waals surface area contributed by atoms with E-state index in [0.717, 1.165) is 40.2 Å². The summed E-state index contributed by atoms with van der Waals surface area (Å²) in [4.78, 5) is 19.3. The maximum atomic E-state index is 12.7. The minimum absolute atomic E-state index is 0.166. The number of aromatic nitrogens is 1. The molecule has 4 rings (SSSR count). The predicted molar refractivity (Wildman–Crippen MR) is 109 cm³/mol. The second-order valence-electron chi connectivity index (χ2n) is 6.78. The highest BCUT2D eigenvalue weighted by Crippen LogP contribution is 2.27. The molecule has 0 aliphatic carbocycles. The second kappa shape index (κ2) is 7.61. The van der Waals surface area contributed by atoms with Crippen molar-refractivity contribution < 1.29 is 9.53 Å². The molecule has 1 aliphatic heterocycles. The van der Waals surface area contributed by atoms with Crippen molar-refractivity contribution in [3.05, 3.63) is 65.2 Å². The van der Waals surface area contributed by atoms with Crippen molar-refractivity contribution in [1.82, 2.24) is 9.88 Å². The zero-order valence-electron chi connectivity index (χ0n) is 15.6. The number of nitrogens with zero attached hydrogens (tertiary/aromatic N) is 2. The number of pyridine rings is 1. The van der Waals surface area contributed by atoms with E-state index in [0.29, 0.717) is 12.3 Å². The van der Waals surface area contributed by atoms with Crippen molar-refractivity contribution in [2.45, 2.75) is 24.9 Å². The summed E-state index contributed by atoms with van der Waals surface area (Å²) in [5, 5.41) is 1.98. The average Bonchev–Trinajstić information content (AvgIpc) is 2.71. The fourth-order valence-electron chi connectivity index (χ4n) is 3.49. The Morgan fingerprint density at radius 3 is 2.81 bits per heavy atom. The Morgan fingerprint density at radius 1 is 1.19 bits per heavy atom. The van der Waals surface area contributed by atoms with E-state index in [9.17, 15) is 4.79 Å². The van der Waals surface area contributed by atoms with Gasteiger partial charge in [-0.3, -0.25) is 4.79 Å². The van der Waals surface area contributed by atoms with Crippen LogP contribution in [0.5, 0.6) is 5.75 Å². The molecule has 1 amide bonds.